The third-order valence-corrected chi connectivity index (χ3v) is 5.21. The van der Waals surface area contributed by atoms with Crippen molar-refractivity contribution >= 4 is 11.7 Å². The van der Waals surface area contributed by atoms with Crippen LogP contribution in [0, 0.1) is 6.92 Å². The van der Waals surface area contributed by atoms with Crippen LogP contribution in [-0.4, -0.2) is 27.3 Å². The number of benzene rings is 2. The lowest BCUT2D eigenvalue weighted by molar-refractivity contribution is 0.207. The highest BCUT2D eigenvalue weighted by molar-refractivity contribution is 5.90. The molecule has 5 heteroatoms. The van der Waals surface area contributed by atoms with Crippen LogP contribution in [0.2, 0.25) is 0 Å². The number of likely N-dealkylation sites (tertiary alicyclic amines) is 1. The maximum Gasteiger partial charge on any atom is 0.322 e. The zero-order valence-corrected chi connectivity index (χ0v) is 15.5. The van der Waals surface area contributed by atoms with E-state index in [1.807, 2.05) is 52.2 Å². The summed E-state index contributed by atoms with van der Waals surface area (Å²) in [5, 5.41) is 7.39. The lowest BCUT2D eigenvalue weighted by Gasteiger charge is -2.27. The number of hydrogen-bond acceptors (Lipinski definition) is 2. The van der Waals surface area contributed by atoms with Gasteiger partial charge in [-0.3, -0.25) is 4.68 Å². The second-order valence-electron chi connectivity index (χ2n) is 7.00. The third kappa shape index (κ3) is 3.72. The van der Waals surface area contributed by atoms with Gasteiger partial charge in [0, 0.05) is 24.6 Å². The van der Waals surface area contributed by atoms with E-state index < -0.39 is 0 Å². The zero-order valence-electron chi connectivity index (χ0n) is 15.5. The highest BCUT2D eigenvalue weighted by Gasteiger charge is 2.31. The van der Waals surface area contributed by atoms with E-state index in [0.717, 1.165) is 30.6 Å². The lowest BCUT2D eigenvalue weighted by atomic mass is 9.99. The number of carbonyl (C=O) groups excluding carboxylic acids is 1. The Balaban J connectivity index is 1.53. The Hall–Kier alpha value is -3.08. The second-order valence-corrected chi connectivity index (χ2v) is 7.00. The monoisotopic (exact) mass is 360 g/mol. The Morgan fingerprint density at radius 3 is 2.78 bits per heavy atom. The van der Waals surface area contributed by atoms with Crippen molar-refractivity contribution in [3.05, 3.63) is 83.7 Å². The first-order valence-corrected chi connectivity index (χ1v) is 9.41. The van der Waals surface area contributed by atoms with Gasteiger partial charge in [-0.05, 0) is 48.6 Å². The molecule has 138 valence electrons. The summed E-state index contributed by atoms with van der Waals surface area (Å²) in [5.74, 6) is 0. The summed E-state index contributed by atoms with van der Waals surface area (Å²) in [7, 11) is 0. The van der Waals surface area contributed by atoms with E-state index in [1.54, 1.807) is 6.20 Å². The summed E-state index contributed by atoms with van der Waals surface area (Å²) >= 11 is 0. The lowest BCUT2D eigenvalue weighted by Crippen LogP contribution is -2.35. The van der Waals surface area contributed by atoms with Crippen molar-refractivity contribution in [2.24, 2.45) is 0 Å². The zero-order chi connectivity index (χ0) is 18.6. The number of aryl methyl sites for hydroxylation is 1. The largest absolute Gasteiger partial charge is 0.322 e. The summed E-state index contributed by atoms with van der Waals surface area (Å²) in [6, 6.07) is 18.3. The SMILES string of the molecule is Cc1ccccc1[C@H]1CCCN1C(=O)Nc1ccccc1Cn1cccn1. The molecule has 0 unspecified atom stereocenters. The number of urea groups is 1. The number of para-hydroxylation sites is 1. The Morgan fingerprint density at radius 1 is 1.15 bits per heavy atom. The minimum atomic E-state index is -0.0336. The number of amides is 2. The van der Waals surface area contributed by atoms with Gasteiger partial charge in [0.2, 0.25) is 0 Å². The highest BCUT2D eigenvalue weighted by Crippen LogP contribution is 2.34. The van der Waals surface area contributed by atoms with Crippen molar-refractivity contribution in [1.82, 2.24) is 14.7 Å². The molecule has 0 spiro atoms. The molecule has 1 fully saturated rings. The van der Waals surface area contributed by atoms with Gasteiger partial charge in [0.15, 0.2) is 0 Å². The summed E-state index contributed by atoms with van der Waals surface area (Å²) in [6.07, 6.45) is 5.72. The number of rotatable bonds is 4. The normalized spacial score (nSPS) is 16.5. The maximum atomic E-state index is 13.1. The molecule has 1 aliphatic heterocycles. The minimum absolute atomic E-state index is 0.0336. The van der Waals surface area contributed by atoms with Crippen molar-refractivity contribution in [2.45, 2.75) is 32.4 Å². The number of hydrogen-bond donors (Lipinski definition) is 1. The summed E-state index contributed by atoms with van der Waals surface area (Å²) in [4.78, 5) is 15.0. The van der Waals surface area contributed by atoms with E-state index in [2.05, 4.69) is 35.5 Å². The Bertz CT molecular complexity index is 920. The fraction of sp³-hybridized carbons (Fsp3) is 0.273. The van der Waals surface area contributed by atoms with Gasteiger partial charge in [-0.2, -0.15) is 5.10 Å². The molecular weight excluding hydrogens is 336 g/mol. The van der Waals surface area contributed by atoms with Gasteiger partial charge in [-0.1, -0.05) is 42.5 Å². The van der Waals surface area contributed by atoms with Gasteiger partial charge < -0.3 is 10.2 Å². The highest BCUT2D eigenvalue weighted by atomic mass is 16.2. The Morgan fingerprint density at radius 2 is 1.96 bits per heavy atom. The molecule has 0 saturated carbocycles. The van der Waals surface area contributed by atoms with Crippen LogP contribution < -0.4 is 5.32 Å². The van der Waals surface area contributed by atoms with Gasteiger partial charge in [0.25, 0.3) is 0 Å². The number of nitrogens with one attached hydrogen (secondary N) is 1. The molecule has 2 heterocycles. The Labute approximate surface area is 159 Å². The van der Waals surface area contributed by atoms with E-state index in [1.165, 1.54) is 11.1 Å². The van der Waals surface area contributed by atoms with E-state index in [-0.39, 0.29) is 12.1 Å². The molecule has 0 radical (unpaired) electrons. The maximum absolute atomic E-state index is 13.1. The van der Waals surface area contributed by atoms with Crippen LogP contribution >= 0.6 is 0 Å². The first kappa shape index (κ1) is 17.3. The third-order valence-electron chi connectivity index (χ3n) is 5.21. The van der Waals surface area contributed by atoms with Crippen molar-refractivity contribution in [1.29, 1.82) is 0 Å². The van der Waals surface area contributed by atoms with Crippen LogP contribution in [0.3, 0.4) is 0 Å². The number of nitrogens with zero attached hydrogens (tertiary/aromatic N) is 3. The predicted octanol–water partition coefficient (Wildman–Crippen LogP) is 4.61. The second kappa shape index (κ2) is 7.66. The van der Waals surface area contributed by atoms with Crippen LogP contribution in [0.1, 0.15) is 35.6 Å². The molecule has 27 heavy (non-hydrogen) atoms. The van der Waals surface area contributed by atoms with Gasteiger partial charge in [0.05, 0.1) is 12.6 Å². The molecule has 0 aliphatic carbocycles. The van der Waals surface area contributed by atoms with Gasteiger partial charge in [0.1, 0.15) is 0 Å². The average molecular weight is 360 g/mol. The molecule has 0 bridgehead atoms. The Kier molecular flexibility index (Phi) is 4.92. The smallest absolute Gasteiger partial charge is 0.317 e. The first-order valence-electron chi connectivity index (χ1n) is 9.41. The van der Waals surface area contributed by atoms with E-state index in [9.17, 15) is 4.79 Å². The van der Waals surface area contributed by atoms with Crippen LogP contribution in [0.5, 0.6) is 0 Å². The molecule has 2 aromatic carbocycles. The molecule has 2 amide bonds. The quantitative estimate of drug-likeness (QED) is 0.739. The topological polar surface area (TPSA) is 50.2 Å². The van der Waals surface area contributed by atoms with Crippen LogP contribution in [0.4, 0.5) is 10.5 Å². The number of aromatic nitrogens is 2. The standard InChI is InChI=1S/C22H24N4O/c1-17-8-2-4-10-19(17)21-12-6-15-26(21)22(27)24-20-11-5-3-9-18(20)16-25-14-7-13-23-25/h2-5,7-11,13-14,21H,6,12,15-16H2,1H3,(H,24,27)/t21-/m1/s1. The predicted molar refractivity (Wildman–Crippen MR) is 107 cm³/mol. The van der Waals surface area contributed by atoms with Gasteiger partial charge in [-0.25, -0.2) is 4.79 Å². The fourth-order valence-corrected chi connectivity index (χ4v) is 3.83. The summed E-state index contributed by atoms with van der Waals surface area (Å²) in [5.41, 5.74) is 4.37. The molecule has 1 aromatic heterocycles. The van der Waals surface area contributed by atoms with Crippen LogP contribution in [0.15, 0.2) is 67.0 Å². The van der Waals surface area contributed by atoms with Crippen molar-refractivity contribution in [3.63, 3.8) is 0 Å². The average Bonchev–Trinajstić information content (AvgIpc) is 3.35. The summed E-state index contributed by atoms with van der Waals surface area (Å²) in [6.45, 7) is 3.53. The van der Waals surface area contributed by atoms with E-state index >= 15 is 0 Å². The van der Waals surface area contributed by atoms with Crippen LogP contribution in [0.25, 0.3) is 0 Å². The van der Waals surface area contributed by atoms with Crippen molar-refractivity contribution in [3.8, 4) is 0 Å². The number of anilines is 1. The van der Waals surface area contributed by atoms with Gasteiger partial charge >= 0.3 is 6.03 Å². The minimum Gasteiger partial charge on any atom is -0.317 e. The molecule has 3 aromatic rings. The van der Waals surface area contributed by atoms with Crippen molar-refractivity contribution in [2.75, 3.05) is 11.9 Å². The van der Waals surface area contributed by atoms with Crippen LogP contribution in [-0.2, 0) is 6.54 Å². The molecule has 1 aliphatic rings. The molecule has 4 rings (SSSR count). The van der Waals surface area contributed by atoms with Crippen molar-refractivity contribution < 1.29 is 4.79 Å². The molecule has 1 atom stereocenters. The molecular formula is C22H24N4O. The first-order chi connectivity index (χ1) is 13.2. The molecule has 1 N–H and O–H groups in total. The molecule has 1 saturated heterocycles. The number of carbonyl (C=O) groups is 1. The molecule has 5 nitrogen and oxygen atoms in total. The summed E-state index contributed by atoms with van der Waals surface area (Å²) < 4.78 is 1.86. The van der Waals surface area contributed by atoms with E-state index in [4.69, 9.17) is 0 Å². The van der Waals surface area contributed by atoms with E-state index in [0.29, 0.717) is 6.54 Å². The fourth-order valence-electron chi connectivity index (χ4n) is 3.83. The van der Waals surface area contributed by atoms with Gasteiger partial charge in [-0.15, -0.1) is 0 Å².